The average molecular weight is 552 g/mol. The van der Waals surface area contributed by atoms with Crippen molar-refractivity contribution in [3.05, 3.63) is 53.6 Å². The van der Waals surface area contributed by atoms with Gasteiger partial charge in [0.15, 0.2) is 0 Å². The summed E-state index contributed by atoms with van der Waals surface area (Å²) in [6.07, 6.45) is 0.766. The van der Waals surface area contributed by atoms with E-state index in [0.29, 0.717) is 31.7 Å². The van der Waals surface area contributed by atoms with Gasteiger partial charge in [0.1, 0.15) is 10.6 Å². The minimum absolute atomic E-state index is 0.0216. The molecule has 202 valence electrons. The van der Waals surface area contributed by atoms with Crippen LogP contribution >= 0.6 is 0 Å². The molecule has 0 bridgehead atoms. The zero-order chi connectivity index (χ0) is 26.6. The van der Waals surface area contributed by atoms with Gasteiger partial charge in [-0.15, -0.1) is 0 Å². The molecule has 2 aromatic rings. The van der Waals surface area contributed by atoms with Crippen LogP contribution in [0.25, 0.3) is 0 Å². The normalized spacial score (nSPS) is 18.4. The molecule has 2 aromatic carbocycles. The van der Waals surface area contributed by atoms with E-state index >= 15 is 0 Å². The van der Waals surface area contributed by atoms with Crippen molar-refractivity contribution in [2.24, 2.45) is 5.92 Å². The first-order chi connectivity index (χ1) is 17.6. The number of ether oxygens (including phenoxy) is 2. The van der Waals surface area contributed by atoms with Crippen molar-refractivity contribution in [2.75, 3.05) is 51.8 Å². The van der Waals surface area contributed by atoms with E-state index in [-0.39, 0.29) is 54.4 Å². The molecule has 0 atom stereocenters. The molecule has 2 heterocycles. The number of aryl methyl sites for hydroxylation is 1. The molecule has 10 nitrogen and oxygen atoms in total. The molecule has 1 N–H and O–H groups in total. The molecule has 2 aliphatic heterocycles. The summed E-state index contributed by atoms with van der Waals surface area (Å²) in [5.74, 6) is -0.532. The Hall–Kier alpha value is -2.51. The number of sulfonamides is 2. The Bertz CT molecular complexity index is 1310. The molecule has 2 aliphatic rings. The van der Waals surface area contributed by atoms with Crippen LogP contribution in [0, 0.1) is 12.8 Å². The van der Waals surface area contributed by atoms with Crippen molar-refractivity contribution in [3.8, 4) is 5.75 Å². The first kappa shape index (κ1) is 27.5. The van der Waals surface area contributed by atoms with Crippen LogP contribution in [0.1, 0.15) is 24.0 Å². The van der Waals surface area contributed by atoms with Gasteiger partial charge in [0, 0.05) is 37.8 Å². The number of nitrogens with one attached hydrogen (secondary N) is 1. The van der Waals surface area contributed by atoms with Crippen LogP contribution in [0.3, 0.4) is 0 Å². The van der Waals surface area contributed by atoms with Gasteiger partial charge in [0.2, 0.25) is 26.0 Å². The summed E-state index contributed by atoms with van der Waals surface area (Å²) in [7, 11) is -5.93. The molecule has 0 aromatic heterocycles. The maximum Gasteiger partial charge on any atom is 0.246 e. The predicted molar refractivity (Wildman–Crippen MR) is 139 cm³/mol. The van der Waals surface area contributed by atoms with Crippen molar-refractivity contribution in [1.82, 2.24) is 8.61 Å². The molecule has 0 saturated carbocycles. The first-order valence-electron chi connectivity index (χ1n) is 12.2. The number of hydrogen-bond acceptors (Lipinski definition) is 7. The quantitative estimate of drug-likeness (QED) is 0.534. The highest BCUT2D eigenvalue weighted by Crippen LogP contribution is 2.31. The van der Waals surface area contributed by atoms with Crippen LogP contribution in [0.15, 0.2) is 47.4 Å². The van der Waals surface area contributed by atoms with E-state index in [9.17, 15) is 21.6 Å². The topological polar surface area (TPSA) is 122 Å². The third-order valence-corrected chi connectivity index (χ3v) is 10.5. The summed E-state index contributed by atoms with van der Waals surface area (Å²) in [5, 5.41) is 2.81. The third-order valence-electron chi connectivity index (χ3n) is 6.71. The smallest absolute Gasteiger partial charge is 0.246 e. The summed E-state index contributed by atoms with van der Waals surface area (Å²) in [6, 6.07) is 11.9. The lowest BCUT2D eigenvalue weighted by molar-refractivity contribution is -0.120. The average Bonchev–Trinajstić information content (AvgIpc) is 2.90. The van der Waals surface area contributed by atoms with E-state index < -0.39 is 20.0 Å². The molecular weight excluding hydrogens is 518 g/mol. The molecule has 4 rings (SSSR count). The van der Waals surface area contributed by atoms with Crippen molar-refractivity contribution in [2.45, 2.75) is 30.4 Å². The maximum absolute atomic E-state index is 13.2. The minimum Gasteiger partial charge on any atom is -0.495 e. The standard InChI is InChI=1S/C25H33N3O7S2/c1-19-3-5-20(6-4-19)18-36(30,31)27-11-9-21(10-12-27)25(29)26-22-7-8-23(34-2)24(17-22)37(32,33)28-13-15-35-16-14-28/h3-8,17,21H,9-16,18H2,1-2H3,(H,26,29). The number of carbonyl (C=O) groups is 1. The second-order valence-electron chi connectivity index (χ2n) is 9.29. The first-order valence-corrected chi connectivity index (χ1v) is 15.3. The van der Waals surface area contributed by atoms with Gasteiger partial charge < -0.3 is 14.8 Å². The molecule has 2 saturated heterocycles. The highest BCUT2D eigenvalue weighted by Gasteiger charge is 2.32. The van der Waals surface area contributed by atoms with Crippen molar-refractivity contribution >= 4 is 31.6 Å². The largest absolute Gasteiger partial charge is 0.495 e. The van der Waals surface area contributed by atoms with Crippen LogP contribution in [-0.2, 0) is 35.3 Å². The highest BCUT2D eigenvalue weighted by molar-refractivity contribution is 7.89. The van der Waals surface area contributed by atoms with Crippen molar-refractivity contribution in [1.29, 1.82) is 0 Å². The Morgan fingerprint density at radius 3 is 2.24 bits per heavy atom. The summed E-state index contributed by atoms with van der Waals surface area (Å²) in [5.41, 5.74) is 2.13. The lowest BCUT2D eigenvalue weighted by Gasteiger charge is -2.30. The van der Waals surface area contributed by atoms with Gasteiger partial charge >= 0.3 is 0 Å². The summed E-state index contributed by atoms with van der Waals surface area (Å²) >= 11 is 0. The Morgan fingerprint density at radius 1 is 0.973 bits per heavy atom. The fourth-order valence-electron chi connectivity index (χ4n) is 4.51. The van der Waals surface area contributed by atoms with E-state index in [4.69, 9.17) is 9.47 Å². The zero-order valence-corrected chi connectivity index (χ0v) is 22.7. The second kappa shape index (κ2) is 11.5. The van der Waals surface area contributed by atoms with E-state index in [2.05, 4.69) is 5.32 Å². The molecule has 0 aliphatic carbocycles. The van der Waals surface area contributed by atoms with Gasteiger partial charge in [-0.25, -0.2) is 21.1 Å². The van der Waals surface area contributed by atoms with Gasteiger partial charge in [-0.05, 0) is 43.5 Å². The Labute approximate surface area is 218 Å². The monoisotopic (exact) mass is 551 g/mol. The number of rotatable bonds is 8. The SMILES string of the molecule is COc1ccc(NC(=O)C2CCN(S(=O)(=O)Cc3ccc(C)cc3)CC2)cc1S(=O)(=O)N1CCOCC1. The van der Waals surface area contributed by atoms with Gasteiger partial charge in [0.05, 0.1) is 26.1 Å². The van der Waals surface area contributed by atoms with Gasteiger partial charge in [-0.1, -0.05) is 29.8 Å². The van der Waals surface area contributed by atoms with Gasteiger partial charge in [0.25, 0.3) is 0 Å². The Morgan fingerprint density at radius 2 is 1.62 bits per heavy atom. The number of methoxy groups -OCH3 is 1. The molecule has 12 heteroatoms. The summed E-state index contributed by atoms with van der Waals surface area (Å²) in [6.45, 7) is 3.58. The van der Waals surface area contributed by atoms with Crippen LogP contribution in [-0.4, -0.2) is 77.9 Å². The highest BCUT2D eigenvalue weighted by atomic mass is 32.2. The predicted octanol–water partition coefficient (Wildman–Crippen LogP) is 2.21. The fourth-order valence-corrected chi connectivity index (χ4v) is 7.66. The van der Waals surface area contributed by atoms with Crippen molar-refractivity contribution < 1.29 is 31.1 Å². The van der Waals surface area contributed by atoms with Crippen LogP contribution < -0.4 is 10.1 Å². The molecule has 0 radical (unpaired) electrons. The number of benzene rings is 2. The number of morpholine rings is 1. The lowest BCUT2D eigenvalue weighted by Crippen LogP contribution is -2.42. The van der Waals surface area contributed by atoms with E-state index in [0.717, 1.165) is 11.1 Å². The van der Waals surface area contributed by atoms with Gasteiger partial charge in [-0.2, -0.15) is 4.31 Å². The van der Waals surface area contributed by atoms with E-state index in [1.807, 2.05) is 31.2 Å². The Kier molecular flexibility index (Phi) is 8.54. The molecule has 1 amide bonds. The van der Waals surface area contributed by atoms with E-state index in [1.54, 1.807) is 6.07 Å². The molecule has 0 spiro atoms. The molecule has 0 unspecified atom stereocenters. The number of nitrogens with zero attached hydrogens (tertiary/aromatic N) is 2. The minimum atomic E-state index is -3.84. The molecular formula is C25H33N3O7S2. The maximum atomic E-state index is 13.2. The summed E-state index contributed by atoms with van der Waals surface area (Å²) in [4.78, 5) is 13.0. The van der Waals surface area contributed by atoms with E-state index in [1.165, 1.54) is 27.9 Å². The second-order valence-corrected chi connectivity index (χ2v) is 13.2. The number of anilines is 1. The number of amides is 1. The van der Waals surface area contributed by atoms with Crippen LogP contribution in [0.2, 0.25) is 0 Å². The number of piperidine rings is 1. The van der Waals surface area contributed by atoms with Gasteiger partial charge in [-0.3, -0.25) is 4.79 Å². The number of hydrogen-bond donors (Lipinski definition) is 1. The third kappa shape index (κ3) is 6.50. The molecule has 2 fully saturated rings. The molecule has 37 heavy (non-hydrogen) atoms. The Balaban J connectivity index is 1.39. The van der Waals surface area contributed by atoms with Crippen molar-refractivity contribution in [3.63, 3.8) is 0 Å². The zero-order valence-electron chi connectivity index (χ0n) is 21.1. The number of carbonyl (C=O) groups excluding carboxylic acids is 1. The lowest BCUT2D eigenvalue weighted by atomic mass is 9.97. The van der Waals surface area contributed by atoms with Crippen LogP contribution in [0.4, 0.5) is 5.69 Å². The summed E-state index contributed by atoms with van der Waals surface area (Å²) < 4.78 is 65.5. The fraction of sp³-hybridized carbons (Fsp3) is 0.480. The van der Waals surface area contributed by atoms with Crippen LogP contribution in [0.5, 0.6) is 5.75 Å².